The zero-order valence-electron chi connectivity index (χ0n) is 41.2. The van der Waals surface area contributed by atoms with Crippen LogP contribution in [0.4, 0.5) is 0 Å². The summed E-state index contributed by atoms with van der Waals surface area (Å²) >= 11 is 0. The maximum atomic E-state index is 14.9. The minimum atomic E-state index is -1.08. The first-order valence-corrected chi connectivity index (χ1v) is 25.1. The van der Waals surface area contributed by atoms with E-state index >= 15 is 0 Å². The lowest BCUT2D eigenvalue weighted by molar-refractivity contribution is -0.154. The molecule has 5 aliphatic heterocycles. The molecule has 0 spiro atoms. The van der Waals surface area contributed by atoms with Crippen LogP contribution in [-0.2, 0) is 57.6 Å². The van der Waals surface area contributed by atoms with Crippen LogP contribution in [0, 0.1) is 23.7 Å². The molecule has 15 heteroatoms. The Bertz CT molecular complexity index is 2550. The number of aryl methyl sites for hydroxylation is 1. The number of hydrazine groups is 1. The van der Waals surface area contributed by atoms with Crippen LogP contribution >= 0.6 is 0 Å². The van der Waals surface area contributed by atoms with E-state index in [2.05, 4.69) is 71.3 Å². The number of hydrogen-bond donors (Lipinski definition) is 2. The van der Waals surface area contributed by atoms with Crippen molar-refractivity contribution in [3.05, 3.63) is 65.0 Å². The smallest absolute Gasteiger partial charge is 0.324 e. The van der Waals surface area contributed by atoms with Gasteiger partial charge < -0.3 is 33.9 Å². The van der Waals surface area contributed by atoms with E-state index in [0.29, 0.717) is 51.8 Å². The standard InChI is InChI=1S/C54H69N7O8/c1-7-14-36-29-42-41-31-38(21-22-45(41)60(9-3)49(42)40-18-11-24-55-48(40)34(4)67-6)37-17-10-16-35(28-37)30-44(53(65)61-25-12-19-43(57-61)54(66)69-33-36)56-51(63)50(46-20-13-27-68-46)58(5)52(64)39-23-26-59(32-39)47(62)15-8-2/h10,16-17,21-22,24,28,31,34,36,39,43-44,46,50,57H,7,9,11-14,18-20,23,25-27,29-30,32-33H2,1-6H3,(H,56,63)/t34-,36?,39-,43-,44-,46?,50?/m0/s1. The van der Waals surface area contributed by atoms with Crippen LogP contribution in [0.1, 0.15) is 102 Å². The number of benzene rings is 2. The maximum Gasteiger partial charge on any atom is 0.324 e. The summed E-state index contributed by atoms with van der Waals surface area (Å²) in [5, 5.41) is 5.68. The Morgan fingerprint density at radius 2 is 1.87 bits per heavy atom. The van der Waals surface area contributed by atoms with E-state index in [1.54, 1.807) is 26.0 Å². The molecule has 7 atom stereocenters. The molecule has 368 valence electrons. The predicted octanol–water partition coefficient (Wildman–Crippen LogP) is 5.86. The van der Waals surface area contributed by atoms with Crippen LogP contribution in [0.25, 0.3) is 27.6 Å². The molecule has 1 aromatic heterocycles. The largest absolute Gasteiger partial charge is 0.464 e. The van der Waals surface area contributed by atoms with Gasteiger partial charge in [0.2, 0.25) is 11.8 Å². The average Bonchev–Trinajstić information content (AvgIpc) is 4.15. The van der Waals surface area contributed by atoms with Crippen molar-refractivity contribution < 1.29 is 38.2 Å². The molecular formula is C54H69N7O8. The summed E-state index contributed by atoms with van der Waals surface area (Å²) in [7, 11) is 3.32. The lowest BCUT2D eigenvalue weighted by Gasteiger charge is -2.37. The Kier molecular flexibility index (Phi) is 16.0. The highest BCUT2D eigenvalue weighted by molar-refractivity contribution is 5.97. The van der Waals surface area contributed by atoms with E-state index in [1.807, 2.05) is 25.3 Å². The number of fused-ring (bicyclic) bond motifs is 6. The molecule has 3 aromatic rings. The van der Waals surface area contributed by atoms with Gasteiger partial charge in [0.05, 0.1) is 36.1 Å². The molecule has 3 fully saturated rings. The highest BCUT2D eigenvalue weighted by Gasteiger charge is 2.43. The normalized spacial score (nSPS) is 24.1. The minimum absolute atomic E-state index is 0.0173. The molecule has 2 N–H and O–H groups in total. The Morgan fingerprint density at radius 1 is 1.04 bits per heavy atom. The first-order valence-electron chi connectivity index (χ1n) is 25.1. The third-order valence-electron chi connectivity index (χ3n) is 14.7. The van der Waals surface area contributed by atoms with E-state index in [4.69, 9.17) is 19.2 Å². The molecule has 69 heavy (non-hydrogen) atoms. The first-order chi connectivity index (χ1) is 33.4. The highest BCUT2D eigenvalue weighted by Crippen LogP contribution is 2.41. The monoisotopic (exact) mass is 944 g/mol. The zero-order chi connectivity index (χ0) is 48.8. The molecule has 0 aliphatic carbocycles. The molecule has 5 aliphatic rings. The molecule has 8 rings (SSSR count). The van der Waals surface area contributed by atoms with Crippen LogP contribution in [-0.4, -0.2) is 133 Å². The number of likely N-dealkylation sites (tertiary alicyclic amines) is 1. The van der Waals surface area contributed by atoms with Crippen LogP contribution in [0.5, 0.6) is 0 Å². The van der Waals surface area contributed by atoms with Crippen molar-refractivity contribution in [2.24, 2.45) is 16.8 Å². The van der Waals surface area contributed by atoms with Gasteiger partial charge in [-0.1, -0.05) is 49.6 Å². The summed E-state index contributed by atoms with van der Waals surface area (Å²) in [5.74, 6) is 2.76. The van der Waals surface area contributed by atoms with Crippen LogP contribution in [0.15, 0.2) is 53.2 Å². The molecule has 2 aromatic carbocycles. The minimum Gasteiger partial charge on any atom is -0.464 e. The summed E-state index contributed by atoms with van der Waals surface area (Å²) in [6, 6.07) is 11.8. The molecule has 4 amide bonds. The second-order valence-electron chi connectivity index (χ2n) is 19.2. The number of rotatable bonds is 11. The topological polar surface area (TPSA) is 164 Å². The number of carbonyl (C=O) groups is 5. The molecule has 0 radical (unpaired) electrons. The number of esters is 1. The summed E-state index contributed by atoms with van der Waals surface area (Å²) in [6.45, 7) is 10.3. The number of methoxy groups -OCH3 is 1. The second-order valence-corrected chi connectivity index (χ2v) is 19.2. The number of carbonyl (C=O) groups excluding carboxylic acids is 5. The first kappa shape index (κ1) is 49.6. The predicted molar refractivity (Wildman–Crippen MR) is 264 cm³/mol. The number of hydrogen-bond acceptors (Lipinski definition) is 10. The van der Waals surface area contributed by atoms with Gasteiger partial charge >= 0.3 is 5.97 Å². The number of aromatic nitrogens is 1. The van der Waals surface area contributed by atoms with Gasteiger partial charge in [0.1, 0.15) is 18.1 Å². The zero-order valence-corrected chi connectivity index (χ0v) is 41.2. The van der Waals surface area contributed by atoms with Crippen molar-refractivity contribution >= 4 is 52.3 Å². The average molecular weight is 944 g/mol. The van der Waals surface area contributed by atoms with Gasteiger partial charge in [-0.25, -0.2) is 5.43 Å². The third kappa shape index (κ3) is 10.7. The Hall–Kier alpha value is -5.82. The molecule has 6 heterocycles. The summed E-state index contributed by atoms with van der Waals surface area (Å²) in [5.41, 5.74) is 11.6. The van der Waals surface area contributed by atoms with Crippen molar-refractivity contribution in [3.8, 4) is 23.0 Å². The second kappa shape index (κ2) is 22.3. The summed E-state index contributed by atoms with van der Waals surface area (Å²) < 4.78 is 20.6. The van der Waals surface area contributed by atoms with Crippen molar-refractivity contribution in [1.82, 2.24) is 30.1 Å². The molecule has 0 saturated carbocycles. The quantitative estimate of drug-likeness (QED) is 0.177. The number of amides is 4. The fraction of sp³-hybridized carbons (Fsp3) is 0.556. The van der Waals surface area contributed by atoms with E-state index in [0.717, 1.165) is 77.6 Å². The van der Waals surface area contributed by atoms with E-state index in [1.165, 1.54) is 21.0 Å². The summed E-state index contributed by atoms with van der Waals surface area (Å²) in [6.07, 6.45) is 8.18. The van der Waals surface area contributed by atoms with Gasteiger partial charge in [-0.2, -0.15) is 0 Å². The third-order valence-corrected chi connectivity index (χ3v) is 14.7. The number of ether oxygens (including phenoxy) is 3. The summed E-state index contributed by atoms with van der Waals surface area (Å²) in [4.78, 5) is 78.4. The molecular weight excluding hydrogens is 875 g/mol. The lowest BCUT2D eigenvalue weighted by Crippen LogP contribution is -2.63. The fourth-order valence-corrected chi connectivity index (χ4v) is 11.1. The number of nitrogens with zero attached hydrogens (tertiary/aromatic N) is 5. The van der Waals surface area contributed by atoms with Crippen LogP contribution < -0.4 is 10.7 Å². The van der Waals surface area contributed by atoms with Crippen LogP contribution in [0.3, 0.4) is 0 Å². The molecule has 6 bridgehead atoms. The molecule has 15 nitrogen and oxygen atoms in total. The van der Waals surface area contributed by atoms with Crippen LogP contribution in [0.2, 0.25) is 0 Å². The highest BCUT2D eigenvalue weighted by atomic mass is 16.5. The SMILES string of the molecule is CC#CC(=O)N1CC[C@H](C(=O)N(C)C(C(=O)N[C@H]2Cc3cccc(c3)-c3ccc4c(c3)c(c(C3=C([C@H](C)OC)N=CCC3)n4CC)CC(CCC)COC(=O)[C@@H]3CCCN(N3)C2=O)C2CCCO2)C1. The van der Waals surface area contributed by atoms with Gasteiger partial charge in [0, 0.05) is 76.1 Å². The number of allylic oxidation sites excluding steroid dienone is 1. The Morgan fingerprint density at radius 3 is 2.62 bits per heavy atom. The van der Waals surface area contributed by atoms with Gasteiger partial charge in [-0.05, 0) is 125 Å². The van der Waals surface area contributed by atoms with E-state index < -0.39 is 47.9 Å². The Labute approximate surface area is 406 Å². The number of nitrogens with one attached hydrogen (secondary N) is 2. The number of cyclic esters (lactones) is 1. The van der Waals surface area contributed by atoms with Crippen molar-refractivity contribution in [2.45, 2.75) is 135 Å². The van der Waals surface area contributed by atoms with Crippen molar-refractivity contribution in [2.75, 3.05) is 47.0 Å². The maximum absolute atomic E-state index is 14.9. The van der Waals surface area contributed by atoms with Gasteiger partial charge in [0.15, 0.2) is 0 Å². The van der Waals surface area contributed by atoms with Crippen molar-refractivity contribution in [3.63, 3.8) is 0 Å². The van der Waals surface area contributed by atoms with E-state index in [9.17, 15) is 24.0 Å². The van der Waals surface area contributed by atoms with Gasteiger partial charge in [-0.15, -0.1) is 0 Å². The number of likely N-dealkylation sites (N-methyl/N-ethyl adjacent to an activating group) is 1. The lowest BCUT2D eigenvalue weighted by atomic mass is 9.89. The van der Waals surface area contributed by atoms with Crippen molar-refractivity contribution in [1.29, 1.82) is 0 Å². The molecule has 3 unspecified atom stereocenters. The Balaban J connectivity index is 1.18. The van der Waals surface area contributed by atoms with Gasteiger partial charge in [0.25, 0.3) is 11.8 Å². The number of aliphatic imine (C=N–C) groups is 1. The van der Waals surface area contributed by atoms with Gasteiger partial charge in [-0.3, -0.25) is 34.0 Å². The molecule has 3 saturated heterocycles. The van der Waals surface area contributed by atoms with E-state index in [-0.39, 0.29) is 43.4 Å². The fourth-order valence-electron chi connectivity index (χ4n) is 11.1.